The number of rotatable bonds is 4. The van der Waals surface area contributed by atoms with Gasteiger partial charge >= 0.3 is 0 Å². The van der Waals surface area contributed by atoms with Crippen molar-refractivity contribution in [3.8, 4) is 0 Å². The normalized spacial score (nSPS) is 12.7. The Labute approximate surface area is 104 Å². The van der Waals surface area contributed by atoms with Gasteiger partial charge in [-0.1, -0.05) is 19.1 Å². The summed E-state index contributed by atoms with van der Waals surface area (Å²) in [6.45, 7) is 1.93. The molecule has 18 heavy (non-hydrogen) atoms. The molecule has 2 aromatic rings. The van der Waals surface area contributed by atoms with Gasteiger partial charge in [-0.05, 0) is 23.8 Å². The molecule has 0 saturated carbocycles. The van der Waals surface area contributed by atoms with Crippen molar-refractivity contribution in [2.24, 2.45) is 0 Å². The molecule has 0 amide bonds. The molecule has 2 nitrogen and oxygen atoms in total. The number of hydrogen-bond acceptors (Lipinski definition) is 2. The summed E-state index contributed by atoms with van der Waals surface area (Å²) in [5, 5.41) is 9.92. The van der Waals surface area contributed by atoms with Crippen LogP contribution in [0.1, 0.15) is 30.1 Å². The average Bonchev–Trinajstić information content (AvgIpc) is 2.83. The summed E-state index contributed by atoms with van der Waals surface area (Å²) in [5.74, 6) is -0.702. The minimum absolute atomic E-state index is 0.0136. The Morgan fingerprint density at radius 1 is 1.22 bits per heavy atom. The lowest BCUT2D eigenvalue weighted by atomic mass is 10.1. The first-order valence-corrected chi connectivity index (χ1v) is 5.81. The predicted molar refractivity (Wildman–Crippen MR) is 63.1 cm³/mol. The number of hydrogen-bond donors (Lipinski definition) is 1. The molecule has 0 radical (unpaired) electrons. The summed E-state index contributed by atoms with van der Waals surface area (Å²) in [5.41, 5.74) is 0.136. The van der Waals surface area contributed by atoms with Crippen LogP contribution < -0.4 is 0 Å². The second kappa shape index (κ2) is 5.31. The van der Waals surface area contributed by atoms with Gasteiger partial charge in [0.25, 0.3) is 0 Å². The highest BCUT2D eigenvalue weighted by Gasteiger charge is 2.16. The molecule has 0 spiro atoms. The highest BCUT2D eigenvalue weighted by Crippen LogP contribution is 2.23. The van der Waals surface area contributed by atoms with Gasteiger partial charge in [-0.15, -0.1) is 0 Å². The zero-order chi connectivity index (χ0) is 13.1. The van der Waals surface area contributed by atoms with Crippen LogP contribution in [0.3, 0.4) is 0 Å². The van der Waals surface area contributed by atoms with Gasteiger partial charge in [-0.3, -0.25) is 0 Å². The number of halogens is 2. The van der Waals surface area contributed by atoms with Gasteiger partial charge < -0.3 is 9.52 Å². The topological polar surface area (TPSA) is 33.4 Å². The van der Waals surface area contributed by atoms with E-state index in [0.29, 0.717) is 5.76 Å². The molecule has 1 heterocycles. The van der Waals surface area contributed by atoms with Gasteiger partial charge in [-0.2, -0.15) is 0 Å². The van der Waals surface area contributed by atoms with Crippen molar-refractivity contribution in [3.63, 3.8) is 0 Å². The molecule has 0 fully saturated rings. The van der Waals surface area contributed by atoms with Crippen molar-refractivity contribution in [2.45, 2.75) is 25.9 Å². The molecule has 2 rings (SSSR count). The molecule has 1 N–H and O–H groups in total. The van der Waals surface area contributed by atoms with Crippen LogP contribution in [0.5, 0.6) is 0 Å². The molecule has 0 aliphatic rings. The fraction of sp³-hybridized carbons (Fsp3) is 0.286. The molecule has 0 aliphatic carbocycles. The largest absolute Gasteiger partial charge is 0.463 e. The Morgan fingerprint density at radius 2 is 2.00 bits per heavy atom. The van der Waals surface area contributed by atoms with Gasteiger partial charge in [0, 0.05) is 12.8 Å². The maximum Gasteiger partial charge on any atom is 0.162 e. The first-order valence-electron chi connectivity index (χ1n) is 5.81. The van der Waals surface area contributed by atoms with Crippen LogP contribution in [0.2, 0.25) is 0 Å². The minimum Gasteiger partial charge on any atom is -0.463 e. The quantitative estimate of drug-likeness (QED) is 0.904. The third-order valence-electron chi connectivity index (χ3n) is 2.80. The van der Waals surface area contributed by atoms with Crippen LogP contribution in [0.4, 0.5) is 8.78 Å². The summed E-state index contributed by atoms with van der Waals surface area (Å²) in [6, 6.07) is 7.33. The first kappa shape index (κ1) is 12.8. The molecule has 1 aromatic carbocycles. The van der Waals surface area contributed by atoms with E-state index < -0.39 is 17.7 Å². The lowest BCUT2D eigenvalue weighted by Crippen LogP contribution is -2.03. The van der Waals surface area contributed by atoms with Gasteiger partial charge in [0.1, 0.15) is 17.6 Å². The van der Waals surface area contributed by atoms with E-state index in [2.05, 4.69) is 0 Å². The zero-order valence-electron chi connectivity index (χ0n) is 9.99. The summed E-state index contributed by atoms with van der Waals surface area (Å²) >= 11 is 0. The summed E-state index contributed by atoms with van der Waals surface area (Å²) in [4.78, 5) is 0. The second-order valence-corrected chi connectivity index (χ2v) is 4.09. The van der Waals surface area contributed by atoms with Crippen LogP contribution in [0, 0.1) is 11.6 Å². The molecular formula is C14H14F2O2. The maximum atomic E-state index is 13.4. The van der Waals surface area contributed by atoms with E-state index in [4.69, 9.17) is 4.42 Å². The zero-order valence-corrected chi connectivity index (χ0v) is 9.99. The van der Waals surface area contributed by atoms with Crippen LogP contribution in [-0.4, -0.2) is 5.11 Å². The molecular weight excluding hydrogens is 238 g/mol. The molecule has 1 aromatic heterocycles. The maximum absolute atomic E-state index is 13.4. The average molecular weight is 252 g/mol. The number of furan rings is 1. The monoisotopic (exact) mass is 252 g/mol. The molecule has 0 saturated heterocycles. The Hall–Kier alpha value is -1.68. The molecule has 4 heteroatoms. The highest BCUT2D eigenvalue weighted by atomic mass is 19.2. The summed E-state index contributed by atoms with van der Waals surface area (Å²) in [7, 11) is 0. The third-order valence-corrected chi connectivity index (χ3v) is 2.80. The predicted octanol–water partition coefficient (Wildman–Crippen LogP) is 3.40. The van der Waals surface area contributed by atoms with Gasteiger partial charge in [0.2, 0.25) is 0 Å². The van der Waals surface area contributed by atoms with Crippen LogP contribution >= 0.6 is 0 Å². The fourth-order valence-electron chi connectivity index (χ4n) is 1.78. The van der Waals surface area contributed by atoms with Crippen molar-refractivity contribution < 1.29 is 18.3 Å². The Bertz CT molecular complexity index is 534. The van der Waals surface area contributed by atoms with E-state index in [0.717, 1.165) is 18.2 Å². The summed E-state index contributed by atoms with van der Waals surface area (Å²) < 4.78 is 31.8. The SMILES string of the molecule is CCc1ccc(C(O)Cc2cccc(F)c2F)o1. The van der Waals surface area contributed by atoms with Gasteiger partial charge in [-0.25, -0.2) is 8.78 Å². The van der Waals surface area contributed by atoms with E-state index in [-0.39, 0.29) is 12.0 Å². The number of aryl methyl sites for hydroxylation is 1. The lowest BCUT2D eigenvalue weighted by molar-refractivity contribution is 0.147. The Balaban J connectivity index is 2.15. The lowest BCUT2D eigenvalue weighted by Gasteiger charge is -2.09. The molecule has 1 atom stereocenters. The molecule has 0 bridgehead atoms. The number of aliphatic hydroxyl groups excluding tert-OH is 1. The van der Waals surface area contributed by atoms with Crippen LogP contribution in [-0.2, 0) is 12.8 Å². The Morgan fingerprint density at radius 3 is 2.67 bits per heavy atom. The molecule has 0 aliphatic heterocycles. The first-order chi connectivity index (χ1) is 8.61. The van der Waals surface area contributed by atoms with Gasteiger partial charge in [0.05, 0.1) is 0 Å². The molecule has 96 valence electrons. The second-order valence-electron chi connectivity index (χ2n) is 4.09. The van der Waals surface area contributed by atoms with Crippen LogP contribution in [0.25, 0.3) is 0 Å². The van der Waals surface area contributed by atoms with Gasteiger partial charge in [0.15, 0.2) is 11.6 Å². The van der Waals surface area contributed by atoms with Crippen LogP contribution in [0.15, 0.2) is 34.7 Å². The Kier molecular flexibility index (Phi) is 3.77. The molecule has 1 unspecified atom stereocenters. The van der Waals surface area contributed by atoms with E-state index in [1.54, 1.807) is 12.1 Å². The van der Waals surface area contributed by atoms with E-state index in [1.807, 2.05) is 6.92 Å². The van der Waals surface area contributed by atoms with E-state index in [1.165, 1.54) is 12.1 Å². The van der Waals surface area contributed by atoms with Crippen molar-refractivity contribution in [2.75, 3.05) is 0 Å². The third kappa shape index (κ3) is 2.59. The van der Waals surface area contributed by atoms with E-state index in [9.17, 15) is 13.9 Å². The van der Waals surface area contributed by atoms with Crippen molar-refractivity contribution in [1.82, 2.24) is 0 Å². The van der Waals surface area contributed by atoms with Crippen molar-refractivity contribution >= 4 is 0 Å². The minimum atomic E-state index is -0.971. The van der Waals surface area contributed by atoms with Crippen molar-refractivity contribution in [3.05, 3.63) is 59.1 Å². The fourth-order valence-corrected chi connectivity index (χ4v) is 1.78. The number of benzene rings is 1. The van der Waals surface area contributed by atoms with E-state index >= 15 is 0 Å². The highest BCUT2D eigenvalue weighted by molar-refractivity contribution is 5.21. The van der Waals surface area contributed by atoms with Crippen molar-refractivity contribution in [1.29, 1.82) is 0 Å². The number of aliphatic hydroxyl groups is 1. The smallest absolute Gasteiger partial charge is 0.162 e. The summed E-state index contributed by atoms with van der Waals surface area (Å²) in [6.07, 6.45) is -0.261. The standard InChI is InChI=1S/C14H14F2O2/c1-2-10-6-7-13(18-10)12(17)8-9-4-3-5-11(15)14(9)16/h3-7,12,17H,2,8H2,1H3.